The van der Waals surface area contributed by atoms with Gasteiger partial charge in [-0.2, -0.15) is 0 Å². The number of aromatic nitrogens is 2. The van der Waals surface area contributed by atoms with E-state index in [1.54, 1.807) is 0 Å². The SMILES string of the molecule is CCCOCC1CCN(c2ncc(F)cn2)C1. The molecule has 0 N–H and O–H groups in total. The van der Waals surface area contributed by atoms with Crippen LogP contribution in [0.5, 0.6) is 0 Å². The average Bonchev–Trinajstić information content (AvgIpc) is 2.79. The molecule has 0 aromatic carbocycles. The average molecular weight is 239 g/mol. The molecule has 0 bridgehead atoms. The molecule has 1 saturated heterocycles. The highest BCUT2D eigenvalue weighted by molar-refractivity contribution is 5.30. The fraction of sp³-hybridized carbons (Fsp3) is 0.667. The molecule has 0 aliphatic carbocycles. The van der Waals surface area contributed by atoms with Crippen LogP contribution in [0, 0.1) is 11.7 Å². The molecule has 0 radical (unpaired) electrons. The maximum Gasteiger partial charge on any atom is 0.225 e. The summed E-state index contributed by atoms with van der Waals surface area (Å²) in [6, 6.07) is 0. The van der Waals surface area contributed by atoms with Crippen molar-refractivity contribution in [2.24, 2.45) is 5.92 Å². The molecule has 1 aromatic heterocycles. The molecule has 1 aromatic rings. The van der Waals surface area contributed by atoms with E-state index in [0.29, 0.717) is 11.9 Å². The van der Waals surface area contributed by atoms with Crippen LogP contribution in [0.25, 0.3) is 0 Å². The summed E-state index contributed by atoms with van der Waals surface area (Å²) in [7, 11) is 0. The third-order valence-electron chi connectivity index (χ3n) is 2.88. The number of anilines is 1. The van der Waals surface area contributed by atoms with Crippen LogP contribution >= 0.6 is 0 Å². The summed E-state index contributed by atoms with van der Waals surface area (Å²) < 4.78 is 18.2. The van der Waals surface area contributed by atoms with Crippen LogP contribution in [0.4, 0.5) is 10.3 Å². The predicted molar refractivity (Wildman–Crippen MR) is 63.4 cm³/mol. The molecule has 0 saturated carbocycles. The molecule has 1 aliphatic rings. The van der Waals surface area contributed by atoms with Crippen LogP contribution in [0.15, 0.2) is 12.4 Å². The molecule has 17 heavy (non-hydrogen) atoms. The van der Waals surface area contributed by atoms with E-state index in [9.17, 15) is 4.39 Å². The minimum atomic E-state index is -0.393. The predicted octanol–water partition coefficient (Wildman–Crippen LogP) is 1.87. The third-order valence-corrected chi connectivity index (χ3v) is 2.88. The summed E-state index contributed by atoms with van der Waals surface area (Å²) in [5.74, 6) is 0.760. The Morgan fingerprint density at radius 2 is 2.24 bits per heavy atom. The van der Waals surface area contributed by atoms with Crippen molar-refractivity contribution in [1.29, 1.82) is 0 Å². The van der Waals surface area contributed by atoms with Crippen molar-refractivity contribution >= 4 is 5.95 Å². The molecule has 5 heteroatoms. The second kappa shape index (κ2) is 5.91. The highest BCUT2D eigenvalue weighted by atomic mass is 19.1. The quantitative estimate of drug-likeness (QED) is 0.735. The summed E-state index contributed by atoms with van der Waals surface area (Å²) in [4.78, 5) is 10.1. The van der Waals surface area contributed by atoms with Gasteiger partial charge in [0.2, 0.25) is 5.95 Å². The van der Waals surface area contributed by atoms with Crippen molar-refractivity contribution in [2.45, 2.75) is 19.8 Å². The Bertz CT molecular complexity index is 344. The summed E-state index contributed by atoms with van der Waals surface area (Å²) in [5, 5.41) is 0. The molecular formula is C12H18FN3O. The van der Waals surface area contributed by atoms with Gasteiger partial charge in [0, 0.05) is 25.6 Å². The number of halogens is 1. The Balaban J connectivity index is 1.83. The van der Waals surface area contributed by atoms with Gasteiger partial charge in [0.15, 0.2) is 5.82 Å². The summed E-state index contributed by atoms with van der Waals surface area (Å²) in [6.07, 6.45) is 4.56. The smallest absolute Gasteiger partial charge is 0.225 e. The Hall–Kier alpha value is -1.23. The molecule has 2 heterocycles. The first-order valence-corrected chi connectivity index (χ1v) is 6.10. The van der Waals surface area contributed by atoms with Gasteiger partial charge in [0.1, 0.15) is 0 Å². The van der Waals surface area contributed by atoms with E-state index >= 15 is 0 Å². The molecule has 2 rings (SSSR count). The highest BCUT2D eigenvalue weighted by Crippen LogP contribution is 2.20. The van der Waals surface area contributed by atoms with Gasteiger partial charge in [-0.1, -0.05) is 6.92 Å². The molecule has 94 valence electrons. The van der Waals surface area contributed by atoms with E-state index in [1.807, 2.05) is 0 Å². The summed E-state index contributed by atoms with van der Waals surface area (Å²) in [6.45, 7) is 5.55. The lowest BCUT2D eigenvalue weighted by Crippen LogP contribution is -2.23. The number of hydrogen-bond donors (Lipinski definition) is 0. The second-order valence-corrected chi connectivity index (χ2v) is 4.38. The van der Waals surface area contributed by atoms with Crippen LogP contribution in [0.3, 0.4) is 0 Å². The molecule has 0 spiro atoms. The normalized spacial score (nSPS) is 19.9. The zero-order valence-corrected chi connectivity index (χ0v) is 10.1. The second-order valence-electron chi connectivity index (χ2n) is 4.38. The number of nitrogens with zero attached hydrogens (tertiary/aromatic N) is 3. The molecular weight excluding hydrogens is 221 g/mol. The number of rotatable bonds is 5. The molecule has 1 unspecified atom stereocenters. The first-order chi connectivity index (χ1) is 8.29. The van der Waals surface area contributed by atoms with Crippen molar-refractivity contribution in [3.8, 4) is 0 Å². The standard InChI is InChI=1S/C12H18FN3O/c1-2-5-17-9-10-3-4-16(8-10)12-14-6-11(13)7-15-12/h6-7,10H,2-5,8-9H2,1H3. The van der Waals surface area contributed by atoms with Crippen molar-refractivity contribution in [3.05, 3.63) is 18.2 Å². The van der Waals surface area contributed by atoms with E-state index in [2.05, 4.69) is 21.8 Å². The Labute approximate surface area is 101 Å². The van der Waals surface area contributed by atoms with Gasteiger partial charge in [-0.3, -0.25) is 0 Å². The number of hydrogen-bond acceptors (Lipinski definition) is 4. The fourth-order valence-corrected chi connectivity index (χ4v) is 2.01. The first kappa shape index (κ1) is 12.2. The Morgan fingerprint density at radius 3 is 2.94 bits per heavy atom. The van der Waals surface area contributed by atoms with Crippen LogP contribution in [0.2, 0.25) is 0 Å². The zero-order valence-electron chi connectivity index (χ0n) is 10.1. The largest absolute Gasteiger partial charge is 0.381 e. The lowest BCUT2D eigenvalue weighted by molar-refractivity contribution is 0.106. The minimum absolute atomic E-state index is 0.393. The van der Waals surface area contributed by atoms with Gasteiger partial charge in [-0.05, 0) is 12.8 Å². The summed E-state index contributed by atoms with van der Waals surface area (Å²) >= 11 is 0. The fourth-order valence-electron chi connectivity index (χ4n) is 2.01. The minimum Gasteiger partial charge on any atom is -0.381 e. The molecule has 4 nitrogen and oxygen atoms in total. The highest BCUT2D eigenvalue weighted by Gasteiger charge is 2.24. The van der Waals surface area contributed by atoms with Crippen LogP contribution in [0.1, 0.15) is 19.8 Å². The van der Waals surface area contributed by atoms with Gasteiger partial charge in [0.05, 0.1) is 19.0 Å². The van der Waals surface area contributed by atoms with Crippen LogP contribution in [-0.2, 0) is 4.74 Å². The molecule has 1 fully saturated rings. The molecule has 1 atom stereocenters. The third kappa shape index (κ3) is 3.36. The maximum atomic E-state index is 12.7. The van der Waals surface area contributed by atoms with Crippen molar-refractivity contribution in [1.82, 2.24) is 9.97 Å². The van der Waals surface area contributed by atoms with Gasteiger partial charge in [-0.15, -0.1) is 0 Å². The van der Waals surface area contributed by atoms with Crippen LogP contribution in [-0.4, -0.2) is 36.3 Å². The van der Waals surface area contributed by atoms with Gasteiger partial charge < -0.3 is 9.64 Å². The van der Waals surface area contributed by atoms with E-state index in [-0.39, 0.29) is 0 Å². The lowest BCUT2D eigenvalue weighted by atomic mass is 10.1. The first-order valence-electron chi connectivity index (χ1n) is 6.10. The van der Waals surface area contributed by atoms with E-state index in [1.165, 1.54) is 12.4 Å². The Morgan fingerprint density at radius 1 is 1.47 bits per heavy atom. The van der Waals surface area contributed by atoms with E-state index in [4.69, 9.17) is 4.74 Å². The number of ether oxygens (including phenoxy) is 1. The topological polar surface area (TPSA) is 38.2 Å². The van der Waals surface area contributed by atoms with Crippen LogP contribution < -0.4 is 4.90 Å². The van der Waals surface area contributed by atoms with Crippen molar-refractivity contribution < 1.29 is 9.13 Å². The van der Waals surface area contributed by atoms with Crippen molar-refractivity contribution in [2.75, 3.05) is 31.2 Å². The summed E-state index contributed by atoms with van der Waals surface area (Å²) in [5.41, 5.74) is 0. The molecule has 1 aliphatic heterocycles. The van der Waals surface area contributed by atoms with E-state index < -0.39 is 5.82 Å². The van der Waals surface area contributed by atoms with Gasteiger partial charge >= 0.3 is 0 Å². The molecule has 0 amide bonds. The van der Waals surface area contributed by atoms with Gasteiger partial charge in [-0.25, -0.2) is 14.4 Å². The van der Waals surface area contributed by atoms with E-state index in [0.717, 1.165) is 39.1 Å². The monoisotopic (exact) mass is 239 g/mol. The van der Waals surface area contributed by atoms with Gasteiger partial charge in [0.25, 0.3) is 0 Å². The maximum absolute atomic E-state index is 12.7. The lowest BCUT2D eigenvalue weighted by Gasteiger charge is -2.15. The Kier molecular flexibility index (Phi) is 4.25. The zero-order chi connectivity index (χ0) is 12.1. The van der Waals surface area contributed by atoms with Crippen molar-refractivity contribution in [3.63, 3.8) is 0 Å².